The van der Waals surface area contributed by atoms with Gasteiger partial charge in [0.15, 0.2) is 5.78 Å². The minimum absolute atomic E-state index is 0.00767. The Hall–Kier alpha value is -3.95. The number of Topliss-reactive ketones (excluding diaryl/α,β-unsaturated/α-hetero) is 1. The summed E-state index contributed by atoms with van der Waals surface area (Å²) >= 11 is 0. The fourth-order valence-electron chi connectivity index (χ4n) is 6.58. The van der Waals surface area contributed by atoms with Crippen LogP contribution in [0.1, 0.15) is 61.7 Å². The lowest BCUT2D eigenvalue weighted by atomic mass is 9.84. The fourth-order valence-corrected chi connectivity index (χ4v) is 6.58. The average Bonchev–Trinajstić information content (AvgIpc) is 3.69. The summed E-state index contributed by atoms with van der Waals surface area (Å²) in [5, 5.41) is 14.6. The van der Waals surface area contributed by atoms with Crippen molar-refractivity contribution >= 4 is 29.2 Å². The molecular formula is C29H32N6O4. The summed E-state index contributed by atoms with van der Waals surface area (Å²) < 4.78 is 0. The molecule has 0 spiro atoms. The van der Waals surface area contributed by atoms with Gasteiger partial charge in [-0.15, -0.1) is 10.2 Å². The number of nitrogens with zero attached hydrogens (tertiary/aromatic N) is 5. The second-order valence-electron chi connectivity index (χ2n) is 11.0. The van der Waals surface area contributed by atoms with E-state index in [9.17, 15) is 19.2 Å². The molecule has 0 radical (unpaired) electrons. The minimum Gasteiger partial charge on any atom is -0.340 e. The number of carbonyl (C=O) groups excluding carboxylic acids is 4. The molecule has 0 bridgehead atoms. The SMILES string of the molecule is O=C(N[C@@H](CC1CCCCC1)C(=O)N1CC[C@@H]2[C@H]1C(=O)CN2C(=O)c1ccccc1)C1=CC=C2N=NN=C2C1. The Bertz CT molecular complexity index is 1310. The zero-order chi connectivity index (χ0) is 26.9. The minimum atomic E-state index is -0.739. The van der Waals surface area contributed by atoms with Gasteiger partial charge in [-0.3, -0.25) is 19.2 Å². The van der Waals surface area contributed by atoms with E-state index in [0.717, 1.165) is 25.7 Å². The maximum absolute atomic E-state index is 14.0. The van der Waals surface area contributed by atoms with Crippen molar-refractivity contribution in [2.45, 2.75) is 69.5 Å². The van der Waals surface area contributed by atoms with Crippen LogP contribution in [-0.4, -0.2) is 70.2 Å². The summed E-state index contributed by atoms with van der Waals surface area (Å²) in [5.41, 5.74) is 2.32. The third-order valence-electron chi connectivity index (χ3n) is 8.59. The van der Waals surface area contributed by atoms with E-state index in [1.54, 1.807) is 46.2 Å². The molecular weight excluding hydrogens is 496 g/mol. The van der Waals surface area contributed by atoms with Gasteiger partial charge < -0.3 is 15.1 Å². The maximum atomic E-state index is 14.0. The smallest absolute Gasteiger partial charge is 0.254 e. The van der Waals surface area contributed by atoms with Gasteiger partial charge in [0.25, 0.3) is 5.91 Å². The van der Waals surface area contributed by atoms with E-state index in [1.807, 2.05) is 6.07 Å². The summed E-state index contributed by atoms with van der Waals surface area (Å²) in [6, 6.07) is 7.16. The Morgan fingerprint density at radius 1 is 1.00 bits per heavy atom. The highest BCUT2D eigenvalue weighted by Gasteiger charge is 2.52. The van der Waals surface area contributed by atoms with Crippen molar-refractivity contribution in [2.24, 2.45) is 21.4 Å². The summed E-state index contributed by atoms with van der Waals surface area (Å²) in [6.45, 7) is 0.371. The lowest BCUT2D eigenvalue weighted by Gasteiger charge is -2.31. The zero-order valence-corrected chi connectivity index (χ0v) is 21.8. The molecule has 10 heteroatoms. The van der Waals surface area contributed by atoms with Crippen LogP contribution >= 0.6 is 0 Å². The van der Waals surface area contributed by atoms with E-state index in [-0.39, 0.29) is 36.1 Å². The van der Waals surface area contributed by atoms with E-state index in [4.69, 9.17) is 0 Å². The Morgan fingerprint density at radius 2 is 1.79 bits per heavy atom. The van der Waals surface area contributed by atoms with Crippen LogP contribution in [0.4, 0.5) is 0 Å². The Labute approximate surface area is 226 Å². The normalized spacial score (nSPS) is 25.0. The van der Waals surface area contributed by atoms with E-state index >= 15 is 0 Å². The van der Waals surface area contributed by atoms with Crippen molar-refractivity contribution in [1.82, 2.24) is 15.1 Å². The number of carbonyl (C=O) groups is 4. The molecule has 2 saturated heterocycles. The second kappa shape index (κ2) is 10.7. The first-order valence-corrected chi connectivity index (χ1v) is 13.9. The van der Waals surface area contributed by atoms with Crippen LogP contribution in [0.2, 0.25) is 0 Å². The highest BCUT2D eigenvalue weighted by atomic mass is 16.2. The third-order valence-corrected chi connectivity index (χ3v) is 8.59. The third kappa shape index (κ3) is 4.95. The van der Waals surface area contributed by atoms with Crippen LogP contribution in [0.15, 0.2) is 69.2 Å². The molecule has 3 fully saturated rings. The Morgan fingerprint density at radius 3 is 2.59 bits per heavy atom. The number of likely N-dealkylation sites (tertiary alicyclic amines) is 2. The van der Waals surface area contributed by atoms with Crippen molar-refractivity contribution in [2.75, 3.05) is 13.1 Å². The number of ketones is 1. The molecule has 1 aromatic carbocycles. The van der Waals surface area contributed by atoms with Crippen LogP contribution in [0.3, 0.4) is 0 Å². The van der Waals surface area contributed by atoms with Crippen molar-refractivity contribution in [3.8, 4) is 0 Å². The molecule has 1 N–H and O–H groups in total. The molecule has 202 valence electrons. The summed E-state index contributed by atoms with van der Waals surface area (Å²) in [7, 11) is 0. The highest BCUT2D eigenvalue weighted by molar-refractivity contribution is 6.10. The van der Waals surface area contributed by atoms with Gasteiger partial charge in [-0.1, -0.05) is 56.4 Å². The summed E-state index contributed by atoms with van der Waals surface area (Å²) in [5.74, 6) is -0.534. The van der Waals surface area contributed by atoms with Gasteiger partial charge in [-0.05, 0) is 42.2 Å². The second-order valence-corrected chi connectivity index (χ2v) is 11.0. The number of benzene rings is 1. The number of rotatable bonds is 6. The number of allylic oxidation sites excluding steroid dienone is 3. The first kappa shape index (κ1) is 25.3. The quantitative estimate of drug-likeness (QED) is 0.609. The molecule has 0 unspecified atom stereocenters. The molecule has 10 nitrogen and oxygen atoms in total. The van der Waals surface area contributed by atoms with Crippen molar-refractivity contribution in [3.05, 3.63) is 59.3 Å². The van der Waals surface area contributed by atoms with Crippen molar-refractivity contribution in [1.29, 1.82) is 0 Å². The summed E-state index contributed by atoms with van der Waals surface area (Å²) in [6.07, 6.45) is 10.3. The topological polar surface area (TPSA) is 124 Å². The molecule has 2 aliphatic carbocycles. The molecule has 0 aromatic heterocycles. The fraction of sp³-hybridized carbons (Fsp3) is 0.483. The largest absolute Gasteiger partial charge is 0.340 e. The molecule has 39 heavy (non-hydrogen) atoms. The molecule has 6 rings (SSSR count). The van der Waals surface area contributed by atoms with Crippen molar-refractivity contribution < 1.29 is 19.2 Å². The number of hydrogen-bond acceptors (Lipinski definition) is 7. The van der Waals surface area contributed by atoms with Gasteiger partial charge in [0.2, 0.25) is 11.8 Å². The summed E-state index contributed by atoms with van der Waals surface area (Å²) in [4.78, 5) is 57.0. The van der Waals surface area contributed by atoms with E-state index in [2.05, 4.69) is 20.8 Å². The zero-order valence-electron chi connectivity index (χ0n) is 21.8. The van der Waals surface area contributed by atoms with Crippen LogP contribution in [-0.2, 0) is 14.4 Å². The highest BCUT2D eigenvalue weighted by Crippen LogP contribution is 2.33. The lowest BCUT2D eigenvalue weighted by Crippen LogP contribution is -2.53. The van der Waals surface area contributed by atoms with Gasteiger partial charge in [-0.2, -0.15) is 0 Å². The van der Waals surface area contributed by atoms with Crippen LogP contribution in [0.25, 0.3) is 0 Å². The standard InChI is InChI=1S/C29H32N6O4/c36-25-17-35(28(38)19-9-5-2-6-10-19)24-13-14-34(26(24)25)29(39)23(15-18-7-3-1-4-8-18)30-27(37)20-11-12-21-22(16-20)32-33-31-21/h2,5-6,9-12,18,23-24,26H,1,3-4,7-8,13-17H2,(H,30,37)/t23-,24+,26-/m0/s1. The predicted molar refractivity (Wildman–Crippen MR) is 143 cm³/mol. The van der Waals surface area contributed by atoms with E-state index in [0.29, 0.717) is 54.3 Å². The Balaban J connectivity index is 1.19. The number of nitrogens with one attached hydrogen (secondary N) is 1. The van der Waals surface area contributed by atoms with Gasteiger partial charge >= 0.3 is 0 Å². The van der Waals surface area contributed by atoms with Gasteiger partial charge in [0.05, 0.1) is 18.3 Å². The van der Waals surface area contributed by atoms with E-state index < -0.39 is 12.1 Å². The predicted octanol–water partition coefficient (Wildman–Crippen LogP) is 3.17. The van der Waals surface area contributed by atoms with E-state index in [1.165, 1.54) is 6.42 Å². The van der Waals surface area contributed by atoms with Crippen molar-refractivity contribution in [3.63, 3.8) is 0 Å². The number of hydrogen-bond donors (Lipinski definition) is 1. The number of amides is 3. The van der Waals surface area contributed by atoms with Gasteiger partial charge in [0.1, 0.15) is 17.8 Å². The molecule has 1 saturated carbocycles. The van der Waals surface area contributed by atoms with Crippen LogP contribution < -0.4 is 5.32 Å². The van der Waals surface area contributed by atoms with Gasteiger partial charge in [0, 0.05) is 24.1 Å². The van der Waals surface area contributed by atoms with Crippen LogP contribution in [0, 0.1) is 5.92 Å². The lowest BCUT2D eigenvalue weighted by molar-refractivity contribution is -0.140. The molecule has 5 aliphatic rings. The average molecular weight is 529 g/mol. The first-order valence-electron chi connectivity index (χ1n) is 13.9. The number of fused-ring (bicyclic) bond motifs is 2. The first-order chi connectivity index (χ1) is 19.0. The molecule has 3 aliphatic heterocycles. The molecule has 3 heterocycles. The monoisotopic (exact) mass is 528 g/mol. The molecule has 1 aromatic rings. The van der Waals surface area contributed by atoms with Crippen LogP contribution in [0.5, 0.6) is 0 Å². The van der Waals surface area contributed by atoms with Gasteiger partial charge in [-0.25, -0.2) is 0 Å². The molecule has 3 amide bonds. The molecule has 3 atom stereocenters. The maximum Gasteiger partial charge on any atom is 0.254 e. The Kier molecular flexibility index (Phi) is 6.93.